The zero-order valence-corrected chi connectivity index (χ0v) is 14.6. The van der Waals surface area contributed by atoms with Crippen LogP contribution in [0.25, 0.3) is 6.08 Å². The Morgan fingerprint density at radius 2 is 1.96 bits per heavy atom. The van der Waals surface area contributed by atoms with Crippen molar-refractivity contribution in [3.63, 3.8) is 0 Å². The third-order valence-corrected chi connectivity index (χ3v) is 4.87. The van der Waals surface area contributed by atoms with Gasteiger partial charge in [-0.15, -0.1) is 0 Å². The Morgan fingerprint density at radius 3 is 2.57 bits per heavy atom. The molecule has 1 aliphatic carbocycles. The minimum absolute atomic E-state index is 0.303. The minimum atomic E-state index is -0.595. The van der Waals surface area contributed by atoms with Gasteiger partial charge in [0.2, 0.25) is 0 Å². The average molecular weight is 316 g/mol. The van der Waals surface area contributed by atoms with Gasteiger partial charge in [0, 0.05) is 5.92 Å². The van der Waals surface area contributed by atoms with Gasteiger partial charge < -0.3 is 9.47 Å². The molecule has 126 valence electrons. The van der Waals surface area contributed by atoms with Gasteiger partial charge in [0.1, 0.15) is 5.60 Å². The topological polar surface area (TPSA) is 35.5 Å². The fraction of sp³-hybridized carbons (Fsp3) is 0.550. The third-order valence-electron chi connectivity index (χ3n) is 4.87. The molecule has 0 amide bonds. The lowest BCUT2D eigenvalue weighted by molar-refractivity contribution is -0.0746. The monoisotopic (exact) mass is 316 g/mol. The first kappa shape index (κ1) is 17.6. The molecule has 23 heavy (non-hydrogen) atoms. The van der Waals surface area contributed by atoms with E-state index < -0.39 is 11.8 Å². The summed E-state index contributed by atoms with van der Waals surface area (Å²) in [6.07, 6.45) is 6.63. The van der Waals surface area contributed by atoms with Crippen molar-refractivity contribution in [2.24, 2.45) is 17.8 Å². The predicted molar refractivity (Wildman–Crippen MR) is 93.0 cm³/mol. The molecule has 3 heteroatoms. The SMILES string of the molecule is COC(=O)O[C@@]1(/C=C/c2ccccc2)C[C@H](C)CC[C@H]1C(C)C. The quantitative estimate of drug-likeness (QED) is 0.706. The maximum absolute atomic E-state index is 11.9. The number of benzene rings is 1. The fourth-order valence-corrected chi connectivity index (χ4v) is 3.75. The Labute approximate surface area is 139 Å². The molecule has 3 nitrogen and oxygen atoms in total. The van der Waals surface area contributed by atoms with Crippen LogP contribution in [0.3, 0.4) is 0 Å². The summed E-state index contributed by atoms with van der Waals surface area (Å²) < 4.78 is 10.6. The lowest BCUT2D eigenvalue weighted by atomic mass is 9.66. The average Bonchev–Trinajstić information content (AvgIpc) is 2.53. The van der Waals surface area contributed by atoms with Crippen LogP contribution in [-0.2, 0) is 9.47 Å². The molecule has 0 bridgehead atoms. The van der Waals surface area contributed by atoms with Crippen molar-refractivity contribution in [3.8, 4) is 0 Å². The van der Waals surface area contributed by atoms with E-state index in [0.29, 0.717) is 17.8 Å². The summed E-state index contributed by atoms with van der Waals surface area (Å²) in [5, 5.41) is 0. The maximum Gasteiger partial charge on any atom is 0.508 e. The van der Waals surface area contributed by atoms with Crippen LogP contribution in [-0.4, -0.2) is 18.9 Å². The van der Waals surface area contributed by atoms with E-state index >= 15 is 0 Å². The standard InChI is InChI=1S/C20H28O3/c1-15(2)18-11-10-16(3)14-20(18,23-19(21)22-4)13-12-17-8-6-5-7-9-17/h5-9,12-13,15-16,18H,10-11,14H2,1-4H3/b13-12+/t16-,18+,20+/m1/s1. The highest BCUT2D eigenvalue weighted by Crippen LogP contribution is 2.45. The fourth-order valence-electron chi connectivity index (χ4n) is 3.75. The summed E-state index contributed by atoms with van der Waals surface area (Å²) in [6, 6.07) is 10.1. The number of ether oxygens (including phenoxy) is 2. The highest BCUT2D eigenvalue weighted by Gasteiger charge is 2.46. The van der Waals surface area contributed by atoms with Crippen molar-refractivity contribution in [1.29, 1.82) is 0 Å². The van der Waals surface area contributed by atoms with E-state index in [1.807, 2.05) is 18.2 Å². The van der Waals surface area contributed by atoms with E-state index in [9.17, 15) is 4.79 Å². The van der Waals surface area contributed by atoms with Crippen LogP contribution in [0.1, 0.15) is 45.6 Å². The number of rotatable bonds is 4. The Morgan fingerprint density at radius 1 is 1.26 bits per heavy atom. The van der Waals surface area contributed by atoms with Crippen LogP contribution in [0.4, 0.5) is 4.79 Å². The Hall–Kier alpha value is -1.77. The first-order chi connectivity index (χ1) is 11.0. The van der Waals surface area contributed by atoms with Crippen LogP contribution in [0.15, 0.2) is 36.4 Å². The molecule has 1 saturated carbocycles. The lowest BCUT2D eigenvalue weighted by Crippen LogP contribution is -2.47. The van der Waals surface area contributed by atoms with Crippen LogP contribution in [0, 0.1) is 17.8 Å². The molecule has 0 spiro atoms. The van der Waals surface area contributed by atoms with Gasteiger partial charge in [-0.05, 0) is 36.3 Å². The van der Waals surface area contributed by atoms with Crippen molar-refractivity contribution in [1.82, 2.24) is 0 Å². The predicted octanol–water partition coefficient (Wildman–Crippen LogP) is 5.31. The highest BCUT2D eigenvalue weighted by atomic mass is 16.7. The zero-order valence-electron chi connectivity index (χ0n) is 14.6. The summed E-state index contributed by atoms with van der Waals surface area (Å²) in [4.78, 5) is 11.9. The van der Waals surface area contributed by atoms with Crippen molar-refractivity contribution < 1.29 is 14.3 Å². The van der Waals surface area contributed by atoms with E-state index in [1.54, 1.807) is 0 Å². The molecule has 0 heterocycles. The van der Waals surface area contributed by atoms with Gasteiger partial charge in [-0.25, -0.2) is 4.79 Å². The van der Waals surface area contributed by atoms with Gasteiger partial charge >= 0.3 is 6.16 Å². The molecule has 1 fully saturated rings. The molecule has 0 aromatic heterocycles. The summed E-state index contributed by atoms with van der Waals surface area (Å²) in [7, 11) is 1.37. The largest absolute Gasteiger partial charge is 0.508 e. The second kappa shape index (κ2) is 7.67. The van der Waals surface area contributed by atoms with Crippen LogP contribution in [0.5, 0.6) is 0 Å². The summed E-state index contributed by atoms with van der Waals surface area (Å²) in [6.45, 7) is 6.63. The Kier molecular flexibility index (Phi) is 5.86. The lowest BCUT2D eigenvalue weighted by Gasteiger charge is -2.45. The second-order valence-corrected chi connectivity index (χ2v) is 6.99. The summed E-state index contributed by atoms with van der Waals surface area (Å²) >= 11 is 0. The van der Waals surface area contributed by atoms with Crippen LogP contribution in [0.2, 0.25) is 0 Å². The summed E-state index contributed by atoms with van der Waals surface area (Å²) in [5.41, 5.74) is 0.524. The van der Waals surface area contributed by atoms with E-state index in [2.05, 4.69) is 45.1 Å². The number of hydrogen-bond donors (Lipinski definition) is 0. The molecule has 0 aliphatic heterocycles. The normalized spacial score (nSPS) is 28.0. The van der Waals surface area contributed by atoms with E-state index in [4.69, 9.17) is 9.47 Å². The maximum atomic E-state index is 11.9. The van der Waals surface area contributed by atoms with Crippen LogP contribution >= 0.6 is 0 Å². The van der Waals surface area contributed by atoms with Gasteiger partial charge in [-0.3, -0.25) is 0 Å². The molecule has 2 rings (SSSR count). The molecule has 1 aromatic rings. The van der Waals surface area contributed by atoms with Crippen molar-refractivity contribution in [3.05, 3.63) is 42.0 Å². The zero-order chi connectivity index (χ0) is 16.9. The van der Waals surface area contributed by atoms with Gasteiger partial charge in [-0.1, -0.05) is 63.6 Å². The molecular formula is C20H28O3. The molecule has 0 saturated heterocycles. The Bertz CT molecular complexity index is 535. The molecule has 3 atom stereocenters. The van der Waals surface area contributed by atoms with E-state index in [1.165, 1.54) is 13.5 Å². The number of carbonyl (C=O) groups is 1. The molecule has 1 aliphatic rings. The number of carbonyl (C=O) groups excluding carboxylic acids is 1. The Balaban J connectivity index is 2.36. The number of methoxy groups -OCH3 is 1. The summed E-state index contributed by atoms with van der Waals surface area (Å²) in [5.74, 6) is 1.26. The molecule has 0 radical (unpaired) electrons. The third kappa shape index (κ3) is 4.37. The van der Waals surface area contributed by atoms with Crippen molar-refractivity contribution in [2.75, 3.05) is 7.11 Å². The van der Waals surface area contributed by atoms with Crippen molar-refractivity contribution >= 4 is 12.2 Å². The highest BCUT2D eigenvalue weighted by molar-refractivity contribution is 5.61. The first-order valence-electron chi connectivity index (χ1n) is 8.48. The van der Waals surface area contributed by atoms with E-state index in [0.717, 1.165) is 18.4 Å². The van der Waals surface area contributed by atoms with Gasteiger partial charge in [0.25, 0.3) is 0 Å². The molecule has 0 unspecified atom stereocenters. The molecule has 0 N–H and O–H groups in total. The van der Waals surface area contributed by atoms with Gasteiger partial charge in [0.15, 0.2) is 0 Å². The second-order valence-electron chi connectivity index (χ2n) is 6.99. The van der Waals surface area contributed by atoms with Gasteiger partial charge in [0.05, 0.1) is 7.11 Å². The van der Waals surface area contributed by atoms with E-state index in [-0.39, 0.29) is 0 Å². The van der Waals surface area contributed by atoms with Gasteiger partial charge in [-0.2, -0.15) is 0 Å². The smallest absolute Gasteiger partial charge is 0.438 e. The minimum Gasteiger partial charge on any atom is -0.438 e. The first-order valence-corrected chi connectivity index (χ1v) is 8.48. The molecule has 1 aromatic carbocycles. The van der Waals surface area contributed by atoms with Crippen molar-refractivity contribution in [2.45, 2.75) is 45.6 Å². The number of hydrogen-bond acceptors (Lipinski definition) is 3. The van der Waals surface area contributed by atoms with Crippen LogP contribution < -0.4 is 0 Å². The molecular weight excluding hydrogens is 288 g/mol.